The van der Waals surface area contributed by atoms with Crippen LogP contribution in [0.25, 0.3) is 10.6 Å². The molecule has 2 atom stereocenters. The second kappa shape index (κ2) is 5.21. The predicted molar refractivity (Wildman–Crippen MR) is 83.3 cm³/mol. The van der Waals surface area contributed by atoms with Crippen molar-refractivity contribution in [3.63, 3.8) is 0 Å². The number of piperazine rings is 1. The topological polar surface area (TPSA) is 62.3 Å². The Morgan fingerprint density at radius 1 is 1.36 bits per heavy atom. The molecule has 5 nitrogen and oxygen atoms in total. The summed E-state index contributed by atoms with van der Waals surface area (Å²) in [6, 6.07) is 9.79. The Bertz CT molecular complexity index is 728. The van der Waals surface area contributed by atoms with Crippen LogP contribution in [0.15, 0.2) is 35.7 Å². The maximum Gasteiger partial charge on any atom is 0.243 e. The van der Waals surface area contributed by atoms with Crippen molar-refractivity contribution in [2.24, 2.45) is 0 Å². The molecule has 6 heteroatoms. The highest BCUT2D eigenvalue weighted by atomic mass is 32.1. The van der Waals surface area contributed by atoms with Gasteiger partial charge in [-0.3, -0.25) is 9.59 Å². The van der Waals surface area contributed by atoms with E-state index < -0.39 is 0 Å². The van der Waals surface area contributed by atoms with Crippen LogP contribution in [0.2, 0.25) is 0 Å². The van der Waals surface area contributed by atoms with E-state index in [2.05, 4.69) is 10.3 Å². The number of nitrogens with zero attached hydrogens (tertiary/aromatic N) is 2. The number of hydrogen-bond donors (Lipinski definition) is 1. The zero-order valence-corrected chi connectivity index (χ0v) is 12.7. The molecular weight excluding hydrogens is 298 g/mol. The van der Waals surface area contributed by atoms with Crippen molar-refractivity contribution in [1.82, 2.24) is 15.2 Å². The van der Waals surface area contributed by atoms with Gasteiger partial charge in [-0.1, -0.05) is 30.3 Å². The number of aromatic nitrogens is 1. The van der Waals surface area contributed by atoms with Crippen LogP contribution >= 0.6 is 11.3 Å². The highest BCUT2D eigenvalue weighted by Crippen LogP contribution is 2.27. The number of thiazole rings is 1. The number of likely N-dealkylation sites (tertiary alicyclic amines) is 1. The van der Waals surface area contributed by atoms with Crippen LogP contribution in [0.5, 0.6) is 0 Å². The van der Waals surface area contributed by atoms with E-state index in [1.54, 1.807) is 16.2 Å². The van der Waals surface area contributed by atoms with E-state index in [1.807, 2.05) is 35.7 Å². The molecule has 1 aromatic heterocycles. The summed E-state index contributed by atoms with van der Waals surface area (Å²) in [4.78, 5) is 30.3. The van der Waals surface area contributed by atoms with Gasteiger partial charge >= 0.3 is 0 Å². The van der Waals surface area contributed by atoms with Crippen LogP contribution in [-0.4, -0.2) is 40.3 Å². The van der Waals surface area contributed by atoms with Crippen molar-refractivity contribution in [2.75, 3.05) is 6.54 Å². The van der Waals surface area contributed by atoms with Crippen molar-refractivity contribution in [1.29, 1.82) is 0 Å². The summed E-state index contributed by atoms with van der Waals surface area (Å²) in [5, 5.41) is 5.73. The van der Waals surface area contributed by atoms with Crippen molar-refractivity contribution in [2.45, 2.75) is 24.9 Å². The minimum atomic E-state index is -0.273. The molecule has 2 aromatic rings. The quantitative estimate of drug-likeness (QED) is 0.933. The minimum Gasteiger partial charge on any atom is -0.350 e. The van der Waals surface area contributed by atoms with Crippen molar-refractivity contribution in [3.8, 4) is 10.6 Å². The molecule has 4 rings (SSSR count). The number of benzene rings is 1. The second-order valence-electron chi connectivity index (χ2n) is 5.69. The number of carbonyl (C=O) groups is 2. The molecule has 2 amide bonds. The number of hydrogen-bond acceptors (Lipinski definition) is 4. The van der Waals surface area contributed by atoms with Gasteiger partial charge in [0.05, 0.1) is 12.1 Å². The molecule has 3 heterocycles. The minimum absolute atomic E-state index is 0.00717. The van der Waals surface area contributed by atoms with Crippen LogP contribution in [0, 0.1) is 0 Å². The molecule has 2 aliphatic rings. The van der Waals surface area contributed by atoms with Crippen molar-refractivity contribution in [3.05, 3.63) is 41.4 Å². The molecule has 1 N–H and O–H groups in total. The Hall–Kier alpha value is -2.21. The first-order chi connectivity index (χ1) is 10.7. The Kier molecular flexibility index (Phi) is 3.18. The Morgan fingerprint density at radius 3 is 2.91 bits per heavy atom. The standard InChI is InChI=1S/C16H15N3O2S/c20-14(19-8-11-6-13(19)15(21)17-11)7-12-9-22-16(18-12)10-4-2-1-3-5-10/h1-5,9,11,13H,6-8H2,(H,17,21)/t11-,13-/m0/s1. The van der Waals surface area contributed by atoms with E-state index in [4.69, 9.17) is 0 Å². The average Bonchev–Trinajstić information content (AvgIpc) is 3.23. The third kappa shape index (κ3) is 2.29. The Labute approximate surface area is 132 Å². The zero-order valence-electron chi connectivity index (χ0n) is 11.9. The molecule has 0 saturated carbocycles. The third-order valence-electron chi connectivity index (χ3n) is 4.18. The van der Waals surface area contributed by atoms with Gasteiger partial charge in [0.1, 0.15) is 11.0 Å². The molecule has 0 spiro atoms. The fourth-order valence-electron chi connectivity index (χ4n) is 3.12. The van der Waals surface area contributed by atoms with Gasteiger partial charge in [0.2, 0.25) is 11.8 Å². The van der Waals surface area contributed by atoms with Crippen molar-refractivity contribution >= 4 is 23.2 Å². The third-order valence-corrected chi connectivity index (χ3v) is 5.12. The molecule has 1 aromatic carbocycles. The molecule has 0 aliphatic carbocycles. The maximum absolute atomic E-state index is 12.4. The molecule has 2 bridgehead atoms. The Morgan fingerprint density at radius 2 is 2.18 bits per heavy atom. The Balaban J connectivity index is 1.47. The molecule has 22 heavy (non-hydrogen) atoms. The van der Waals surface area contributed by atoms with Crippen LogP contribution < -0.4 is 5.32 Å². The van der Waals surface area contributed by atoms with E-state index in [0.29, 0.717) is 6.54 Å². The maximum atomic E-state index is 12.4. The van der Waals surface area contributed by atoms with E-state index >= 15 is 0 Å². The summed E-state index contributed by atoms with van der Waals surface area (Å²) in [5.74, 6) is -0.0277. The molecule has 2 aliphatic heterocycles. The SMILES string of the molecule is O=C1N[C@H]2C[C@@H]1N(C(=O)Cc1csc(-c3ccccc3)n1)C2. The first kappa shape index (κ1) is 13.5. The summed E-state index contributed by atoms with van der Waals surface area (Å²) in [7, 11) is 0. The number of fused-ring (bicyclic) bond motifs is 2. The largest absolute Gasteiger partial charge is 0.350 e. The van der Waals surface area contributed by atoms with Gasteiger partial charge in [0.15, 0.2) is 0 Å². The molecule has 0 radical (unpaired) electrons. The van der Waals surface area contributed by atoms with Gasteiger partial charge in [0.25, 0.3) is 0 Å². The summed E-state index contributed by atoms with van der Waals surface area (Å²) in [6.45, 7) is 0.630. The summed E-state index contributed by atoms with van der Waals surface area (Å²) in [6.07, 6.45) is 1.01. The smallest absolute Gasteiger partial charge is 0.243 e. The van der Waals surface area contributed by atoms with Crippen LogP contribution in [0.4, 0.5) is 0 Å². The van der Waals surface area contributed by atoms with Crippen LogP contribution in [0.1, 0.15) is 12.1 Å². The number of rotatable bonds is 3. The van der Waals surface area contributed by atoms with E-state index in [1.165, 1.54) is 0 Å². The summed E-state index contributed by atoms with van der Waals surface area (Å²) < 4.78 is 0. The fourth-order valence-corrected chi connectivity index (χ4v) is 3.95. The number of carbonyl (C=O) groups excluding carboxylic acids is 2. The fraction of sp³-hybridized carbons (Fsp3) is 0.312. The lowest BCUT2D eigenvalue weighted by Gasteiger charge is -2.26. The highest BCUT2D eigenvalue weighted by molar-refractivity contribution is 7.13. The molecule has 112 valence electrons. The van der Waals surface area contributed by atoms with Gasteiger partial charge in [-0.05, 0) is 6.42 Å². The molecular formula is C16H15N3O2S. The van der Waals surface area contributed by atoms with Crippen molar-refractivity contribution < 1.29 is 9.59 Å². The van der Waals surface area contributed by atoms with E-state index in [0.717, 1.165) is 22.7 Å². The zero-order chi connectivity index (χ0) is 15.1. The second-order valence-corrected chi connectivity index (χ2v) is 6.55. The lowest BCUT2D eigenvalue weighted by molar-refractivity contribution is -0.139. The average molecular weight is 313 g/mol. The monoisotopic (exact) mass is 313 g/mol. The van der Waals surface area contributed by atoms with Crippen LogP contribution in [-0.2, 0) is 16.0 Å². The highest BCUT2D eigenvalue weighted by Gasteiger charge is 2.45. The van der Waals surface area contributed by atoms with Gasteiger partial charge in [-0.2, -0.15) is 0 Å². The van der Waals surface area contributed by atoms with E-state index in [9.17, 15) is 9.59 Å². The summed E-state index contributed by atoms with van der Waals surface area (Å²) >= 11 is 1.54. The van der Waals surface area contributed by atoms with Gasteiger partial charge < -0.3 is 10.2 Å². The number of nitrogens with one attached hydrogen (secondary N) is 1. The van der Waals surface area contributed by atoms with Gasteiger partial charge in [-0.25, -0.2) is 4.98 Å². The molecule has 2 fully saturated rings. The van der Waals surface area contributed by atoms with Gasteiger partial charge in [0, 0.05) is 23.5 Å². The van der Waals surface area contributed by atoms with Gasteiger partial charge in [-0.15, -0.1) is 11.3 Å². The lowest BCUT2D eigenvalue weighted by Crippen LogP contribution is -2.50. The molecule has 0 unspecified atom stereocenters. The van der Waals surface area contributed by atoms with Crippen LogP contribution in [0.3, 0.4) is 0 Å². The number of amides is 2. The normalized spacial score (nSPS) is 22.9. The first-order valence-electron chi connectivity index (χ1n) is 7.30. The molecule has 2 saturated heterocycles. The van der Waals surface area contributed by atoms with E-state index in [-0.39, 0.29) is 30.3 Å². The summed E-state index contributed by atoms with van der Waals surface area (Å²) in [5.41, 5.74) is 1.84. The lowest BCUT2D eigenvalue weighted by atomic mass is 10.2. The predicted octanol–water partition coefficient (Wildman–Crippen LogP) is 1.45. The first-order valence-corrected chi connectivity index (χ1v) is 8.18.